The summed E-state index contributed by atoms with van der Waals surface area (Å²) in [5.74, 6) is 0. The molecule has 1 rings (SSSR count). The highest BCUT2D eigenvalue weighted by Gasteiger charge is 2.23. The lowest BCUT2D eigenvalue weighted by Crippen LogP contribution is -2.49. The number of nitrogens with zero attached hydrogens (tertiary/aromatic N) is 2. The molecule has 0 aromatic rings. The smallest absolute Gasteiger partial charge is 0.0192 e. The Morgan fingerprint density at radius 2 is 1.72 bits per heavy atom. The fraction of sp³-hybridized carbons (Fsp3) is 1.00. The largest absolute Gasteiger partial charge is 0.312 e. The third-order valence-corrected chi connectivity index (χ3v) is 4.54. The first kappa shape index (κ1) is 15.9. The number of hydrogen-bond donors (Lipinski definition) is 1. The number of piperidine rings is 1. The Hall–Kier alpha value is -0.120. The van der Waals surface area contributed by atoms with Crippen LogP contribution >= 0.6 is 0 Å². The van der Waals surface area contributed by atoms with Crippen LogP contribution in [0.3, 0.4) is 0 Å². The second kappa shape index (κ2) is 8.13. The van der Waals surface area contributed by atoms with Crippen molar-refractivity contribution in [2.75, 3.05) is 33.7 Å². The van der Waals surface area contributed by atoms with Crippen molar-refractivity contribution >= 4 is 0 Å². The normalized spacial score (nSPS) is 20.8. The maximum absolute atomic E-state index is 3.70. The predicted octanol–water partition coefficient (Wildman–Crippen LogP) is 2.18. The van der Waals surface area contributed by atoms with Crippen LogP contribution in [0.2, 0.25) is 0 Å². The quantitative estimate of drug-likeness (QED) is 0.752. The maximum Gasteiger partial charge on any atom is 0.0192 e. The highest BCUT2D eigenvalue weighted by Crippen LogP contribution is 2.16. The maximum atomic E-state index is 3.70. The van der Waals surface area contributed by atoms with Gasteiger partial charge in [-0.05, 0) is 59.8 Å². The first-order valence-corrected chi connectivity index (χ1v) is 7.72. The molecule has 0 aromatic carbocycles. The minimum atomic E-state index is 0.675. The van der Waals surface area contributed by atoms with E-state index in [0.717, 1.165) is 12.6 Å². The molecule has 1 unspecified atom stereocenters. The summed E-state index contributed by atoms with van der Waals surface area (Å²) >= 11 is 0. The SMILES string of the molecule is CCC(CC)NCC(C)N1CCC(N(C)C)CC1. The molecule has 18 heavy (non-hydrogen) atoms. The fourth-order valence-electron chi connectivity index (χ4n) is 2.89. The van der Waals surface area contributed by atoms with Crippen LogP contribution in [-0.2, 0) is 0 Å². The van der Waals surface area contributed by atoms with E-state index in [1.807, 2.05) is 0 Å². The Bertz CT molecular complexity index is 206. The van der Waals surface area contributed by atoms with E-state index >= 15 is 0 Å². The zero-order chi connectivity index (χ0) is 13.5. The van der Waals surface area contributed by atoms with Gasteiger partial charge in [0.1, 0.15) is 0 Å². The van der Waals surface area contributed by atoms with Crippen molar-refractivity contribution < 1.29 is 0 Å². The van der Waals surface area contributed by atoms with Crippen LogP contribution in [0, 0.1) is 0 Å². The molecular weight excluding hydrogens is 222 g/mol. The molecular formula is C15H33N3. The van der Waals surface area contributed by atoms with Gasteiger partial charge in [0.2, 0.25) is 0 Å². The van der Waals surface area contributed by atoms with E-state index < -0.39 is 0 Å². The fourth-order valence-corrected chi connectivity index (χ4v) is 2.89. The molecule has 0 aliphatic carbocycles. The summed E-state index contributed by atoms with van der Waals surface area (Å²) in [5, 5.41) is 3.70. The first-order chi connectivity index (χ1) is 8.58. The van der Waals surface area contributed by atoms with Gasteiger partial charge in [-0.15, -0.1) is 0 Å². The van der Waals surface area contributed by atoms with Gasteiger partial charge in [-0.2, -0.15) is 0 Å². The monoisotopic (exact) mass is 255 g/mol. The Kier molecular flexibility index (Phi) is 7.20. The first-order valence-electron chi connectivity index (χ1n) is 7.72. The molecule has 1 N–H and O–H groups in total. The van der Waals surface area contributed by atoms with Gasteiger partial charge in [-0.3, -0.25) is 4.90 Å². The molecule has 1 fully saturated rings. The van der Waals surface area contributed by atoms with E-state index in [9.17, 15) is 0 Å². The number of hydrogen-bond acceptors (Lipinski definition) is 3. The van der Waals surface area contributed by atoms with Gasteiger partial charge in [-0.25, -0.2) is 0 Å². The van der Waals surface area contributed by atoms with Gasteiger partial charge < -0.3 is 10.2 Å². The van der Waals surface area contributed by atoms with Crippen LogP contribution in [0.15, 0.2) is 0 Å². The van der Waals surface area contributed by atoms with Crippen LogP contribution in [0.25, 0.3) is 0 Å². The van der Waals surface area contributed by atoms with Crippen LogP contribution in [0.5, 0.6) is 0 Å². The second-order valence-electron chi connectivity index (χ2n) is 6.00. The van der Waals surface area contributed by atoms with Crippen molar-refractivity contribution in [3.05, 3.63) is 0 Å². The topological polar surface area (TPSA) is 18.5 Å². The molecule has 0 saturated carbocycles. The molecule has 0 aromatic heterocycles. The standard InChI is InChI=1S/C15H33N3/c1-6-14(7-2)16-12-13(3)18-10-8-15(9-11-18)17(4)5/h13-16H,6-12H2,1-5H3. The van der Waals surface area contributed by atoms with Crippen molar-refractivity contribution in [3.8, 4) is 0 Å². The van der Waals surface area contributed by atoms with E-state index in [4.69, 9.17) is 0 Å². The van der Waals surface area contributed by atoms with Gasteiger partial charge in [0.15, 0.2) is 0 Å². The van der Waals surface area contributed by atoms with Gasteiger partial charge in [-0.1, -0.05) is 13.8 Å². The molecule has 3 nitrogen and oxygen atoms in total. The highest BCUT2D eigenvalue weighted by atomic mass is 15.2. The van der Waals surface area contributed by atoms with E-state index in [1.54, 1.807) is 0 Å². The Morgan fingerprint density at radius 1 is 1.17 bits per heavy atom. The van der Waals surface area contributed by atoms with Gasteiger partial charge in [0.05, 0.1) is 0 Å². The third-order valence-electron chi connectivity index (χ3n) is 4.54. The molecule has 108 valence electrons. The van der Waals surface area contributed by atoms with Gasteiger partial charge in [0.25, 0.3) is 0 Å². The molecule has 1 heterocycles. The lowest BCUT2D eigenvalue weighted by molar-refractivity contribution is 0.112. The van der Waals surface area contributed by atoms with Crippen molar-refractivity contribution in [1.29, 1.82) is 0 Å². The molecule has 0 amide bonds. The summed E-state index contributed by atoms with van der Waals surface area (Å²) in [4.78, 5) is 5.03. The molecule has 1 aliphatic rings. The molecule has 1 atom stereocenters. The summed E-state index contributed by atoms with van der Waals surface area (Å²) in [6.07, 6.45) is 5.13. The summed E-state index contributed by atoms with van der Waals surface area (Å²) in [6.45, 7) is 10.6. The molecule has 3 heteroatoms. The van der Waals surface area contributed by atoms with E-state index in [1.165, 1.54) is 38.8 Å². The lowest BCUT2D eigenvalue weighted by Gasteiger charge is -2.38. The summed E-state index contributed by atoms with van der Waals surface area (Å²) in [7, 11) is 4.41. The minimum Gasteiger partial charge on any atom is -0.312 e. The number of nitrogens with one attached hydrogen (secondary N) is 1. The lowest BCUT2D eigenvalue weighted by atomic mass is 10.0. The van der Waals surface area contributed by atoms with Crippen LogP contribution in [0.4, 0.5) is 0 Å². The summed E-state index contributed by atoms with van der Waals surface area (Å²) < 4.78 is 0. The second-order valence-corrected chi connectivity index (χ2v) is 6.00. The molecule has 0 bridgehead atoms. The van der Waals surface area contributed by atoms with Crippen LogP contribution < -0.4 is 5.32 Å². The van der Waals surface area contributed by atoms with Crippen molar-refractivity contribution in [2.24, 2.45) is 0 Å². The molecule has 0 spiro atoms. The van der Waals surface area contributed by atoms with Crippen molar-refractivity contribution in [1.82, 2.24) is 15.1 Å². The van der Waals surface area contributed by atoms with Crippen molar-refractivity contribution in [3.63, 3.8) is 0 Å². The number of rotatable bonds is 7. The average Bonchev–Trinajstić information content (AvgIpc) is 2.39. The Balaban J connectivity index is 2.25. The van der Waals surface area contributed by atoms with Gasteiger partial charge >= 0.3 is 0 Å². The summed E-state index contributed by atoms with van der Waals surface area (Å²) in [6, 6.07) is 2.17. The predicted molar refractivity (Wildman–Crippen MR) is 80.1 cm³/mol. The Labute approximate surface area is 114 Å². The van der Waals surface area contributed by atoms with Gasteiger partial charge in [0, 0.05) is 24.7 Å². The van der Waals surface area contributed by atoms with E-state index in [0.29, 0.717) is 12.1 Å². The molecule has 1 saturated heterocycles. The minimum absolute atomic E-state index is 0.675. The van der Waals surface area contributed by atoms with E-state index in [2.05, 4.69) is 50.0 Å². The zero-order valence-electron chi connectivity index (χ0n) is 13.1. The average molecular weight is 255 g/mol. The van der Waals surface area contributed by atoms with Crippen LogP contribution in [-0.4, -0.2) is 61.7 Å². The zero-order valence-corrected chi connectivity index (χ0v) is 13.1. The molecule has 1 aliphatic heterocycles. The highest BCUT2D eigenvalue weighted by molar-refractivity contribution is 4.81. The molecule has 0 radical (unpaired) electrons. The third kappa shape index (κ3) is 4.87. The summed E-state index contributed by atoms with van der Waals surface area (Å²) in [5.41, 5.74) is 0. The van der Waals surface area contributed by atoms with E-state index in [-0.39, 0.29) is 0 Å². The van der Waals surface area contributed by atoms with Crippen molar-refractivity contribution in [2.45, 2.75) is 64.6 Å². The number of likely N-dealkylation sites (tertiary alicyclic amines) is 1. The van der Waals surface area contributed by atoms with Crippen LogP contribution in [0.1, 0.15) is 46.5 Å². The Morgan fingerprint density at radius 3 is 2.17 bits per heavy atom.